The van der Waals surface area contributed by atoms with Crippen LogP contribution in [0, 0.1) is 0 Å². The van der Waals surface area contributed by atoms with Crippen molar-refractivity contribution in [3.8, 4) is 0 Å². The van der Waals surface area contributed by atoms with E-state index in [4.69, 9.17) is 16.7 Å². The molecule has 1 saturated heterocycles. The number of rotatable bonds is 2. The van der Waals surface area contributed by atoms with E-state index < -0.39 is 5.97 Å². The average molecular weight is 283 g/mol. The predicted molar refractivity (Wildman–Crippen MR) is 77.3 cm³/mol. The molecule has 0 aromatic heterocycles. The lowest BCUT2D eigenvalue weighted by Gasteiger charge is -2.46. The smallest absolute Gasteiger partial charge is 0.335 e. The molecule has 1 fully saturated rings. The van der Waals surface area contributed by atoms with Crippen LogP contribution in [0.1, 0.15) is 24.2 Å². The summed E-state index contributed by atoms with van der Waals surface area (Å²) in [5.41, 5.74) is 1.21. The molecule has 19 heavy (non-hydrogen) atoms. The van der Waals surface area contributed by atoms with Crippen molar-refractivity contribution >= 4 is 23.3 Å². The van der Waals surface area contributed by atoms with Crippen LogP contribution in [0.2, 0.25) is 5.02 Å². The Bertz CT molecular complexity index is 502. The first kappa shape index (κ1) is 14.2. The highest BCUT2D eigenvalue weighted by Gasteiger charge is 2.31. The Balaban J connectivity index is 2.26. The van der Waals surface area contributed by atoms with Gasteiger partial charge in [0.15, 0.2) is 0 Å². The Hall–Kier alpha value is -1.26. The molecule has 5 heteroatoms. The molecule has 0 aliphatic carbocycles. The van der Waals surface area contributed by atoms with Gasteiger partial charge < -0.3 is 10.0 Å². The molecule has 1 aromatic carbocycles. The third-order valence-corrected chi connectivity index (χ3v) is 4.15. The van der Waals surface area contributed by atoms with Gasteiger partial charge in [0.05, 0.1) is 16.3 Å². The van der Waals surface area contributed by atoms with Gasteiger partial charge in [-0.25, -0.2) is 4.79 Å². The van der Waals surface area contributed by atoms with Gasteiger partial charge in [0, 0.05) is 25.2 Å². The molecule has 1 N–H and O–H groups in total. The standard InChI is InChI=1S/C14H19ClN2O2/c1-14(2)9-17(7-6-16(14)3)12-5-4-10(13(18)19)8-11(12)15/h4-5,8H,6-7,9H2,1-3H3,(H,18,19). The number of nitrogens with zero attached hydrogens (tertiary/aromatic N) is 2. The first-order valence-corrected chi connectivity index (χ1v) is 6.68. The lowest BCUT2D eigenvalue weighted by Crippen LogP contribution is -2.57. The first-order chi connectivity index (χ1) is 8.81. The number of likely N-dealkylation sites (N-methyl/N-ethyl adjacent to an activating group) is 1. The van der Waals surface area contributed by atoms with Gasteiger partial charge in [-0.05, 0) is 39.1 Å². The maximum absolute atomic E-state index is 10.9. The fourth-order valence-corrected chi connectivity index (χ4v) is 2.64. The third-order valence-electron chi connectivity index (χ3n) is 3.85. The lowest BCUT2D eigenvalue weighted by atomic mass is 9.99. The van der Waals surface area contributed by atoms with Crippen molar-refractivity contribution in [1.29, 1.82) is 0 Å². The van der Waals surface area contributed by atoms with Gasteiger partial charge in [-0.2, -0.15) is 0 Å². The van der Waals surface area contributed by atoms with Crippen LogP contribution >= 0.6 is 11.6 Å². The Kier molecular flexibility index (Phi) is 3.74. The molecule has 0 bridgehead atoms. The van der Waals surface area contributed by atoms with E-state index in [2.05, 4.69) is 30.7 Å². The number of anilines is 1. The SMILES string of the molecule is CN1CCN(c2ccc(C(=O)O)cc2Cl)CC1(C)C. The van der Waals surface area contributed by atoms with E-state index in [0.29, 0.717) is 5.02 Å². The summed E-state index contributed by atoms with van der Waals surface area (Å²) in [5, 5.41) is 9.45. The second-order valence-corrected chi connectivity index (χ2v) is 6.03. The predicted octanol–water partition coefficient (Wildman–Crippen LogP) is 2.57. The van der Waals surface area contributed by atoms with E-state index in [1.54, 1.807) is 12.1 Å². The minimum Gasteiger partial charge on any atom is -0.478 e. The number of hydrogen-bond acceptors (Lipinski definition) is 3. The molecular weight excluding hydrogens is 264 g/mol. The van der Waals surface area contributed by atoms with Gasteiger partial charge in [-0.3, -0.25) is 4.90 Å². The molecule has 1 aliphatic rings. The zero-order chi connectivity index (χ0) is 14.2. The van der Waals surface area contributed by atoms with E-state index in [1.165, 1.54) is 6.07 Å². The van der Waals surface area contributed by atoms with Crippen molar-refractivity contribution < 1.29 is 9.90 Å². The summed E-state index contributed by atoms with van der Waals surface area (Å²) in [7, 11) is 2.12. The van der Waals surface area contributed by atoms with Crippen molar-refractivity contribution in [2.24, 2.45) is 0 Å². The highest BCUT2D eigenvalue weighted by molar-refractivity contribution is 6.33. The summed E-state index contributed by atoms with van der Waals surface area (Å²) < 4.78 is 0. The minimum absolute atomic E-state index is 0.0764. The number of carboxylic acid groups (broad SMARTS) is 1. The molecule has 2 rings (SSSR count). The van der Waals surface area contributed by atoms with Crippen LogP contribution in [0.25, 0.3) is 0 Å². The summed E-state index contributed by atoms with van der Waals surface area (Å²) in [6, 6.07) is 4.92. The number of halogens is 1. The van der Waals surface area contributed by atoms with Crippen LogP contribution in [-0.4, -0.2) is 48.2 Å². The molecule has 0 spiro atoms. The topological polar surface area (TPSA) is 43.8 Å². The molecule has 1 aliphatic heterocycles. The van der Waals surface area contributed by atoms with E-state index in [1.807, 2.05) is 0 Å². The molecule has 104 valence electrons. The largest absolute Gasteiger partial charge is 0.478 e. The van der Waals surface area contributed by atoms with Crippen LogP contribution < -0.4 is 4.90 Å². The quantitative estimate of drug-likeness (QED) is 0.905. The maximum atomic E-state index is 10.9. The Labute approximate surface area is 118 Å². The van der Waals surface area contributed by atoms with Gasteiger partial charge in [-0.15, -0.1) is 0 Å². The summed E-state index contributed by atoms with van der Waals surface area (Å²) in [6.07, 6.45) is 0. The van der Waals surface area contributed by atoms with Crippen molar-refractivity contribution in [2.45, 2.75) is 19.4 Å². The van der Waals surface area contributed by atoms with Gasteiger partial charge in [0.1, 0.15) is 0 Å². The van der Waals surface area contributed by atoms with Crippen LogP contribution in [0.5, 0.6) is 0 Å². The molecule has 1 aromatic rings. The van der Waals surface area contributed by atoms with Gasteiger partial charge in [0.2, 0.25) is 0 Å². The molecule has 0 saturated carbocycles. The number of aromatic carboxylic acids is 1. The zero-order valence-electron chi connectivity index (χ0n) is 11.5. The number of carboxylic acids is 1. The van der Waals surface area contributed by atoms with Crippen LogP contribution in [0.15, 0.2) is 18.2 Å². The van der Waals surface area contributed by atoms with E-state index in [0.717, 1.165) is 25.3 Å². The highest BCUT2D eigenvalue weighted by Crippen LogP contribution is 2.31. The normalized spacial score (nSPS) is 19.5. The maximum Gasteiger partial charge on any atom is 0.335 e. The fraction of sp³-hybridized carbons (Fsp3) is 0.500. The highest BCUT2D eigenvalue weighted by atomic mass is 35.5. The second-order valence-electron chi connectivity index (χ2n) is 5.63. The summed E-state index contributed by atoms with van der Waals surface area (Å²) in [4.78, 5) is 15.4. The third kappa shape index (κ3) is 2.85. The second kappa shape index (κ2) is 5.02. The number of piperazine rings is 1. The molecule has 0 amide bonds. The molecule has 0 radical (unpaired) electrons. The Morgan fingerprint density at radius 2 is 2.05 bits per heavy atom. The van der Waals surface area contributed by atoms with Crippen LogP contribution in [0.3, 0.4) is 0 Å². The first-order valence-electron chi connectivity index (χ1n) is 6.30. The number of carbonyl (C=O) groups is 1. The van der Waals surface area contributed by atoms with E-state index in [9.17, 15) is 4.79 Å². The van der Waals surface area contributed by atoms with E-state index in [-0.39, 0.29) is 11.1 Å². The lowest BCUT2D eigenvalue weighted by molar-refractivity contribution is 0.0697. The van der Waals surface area contributed by atoms with Crippen molar-refractivity contribution in [1.82, 2.24) is 4.90 Å². The monoisotopic (exact) mass is 282 g/mol. The average Bonchev–Trinajstić information content (AvgIpc) is 2.32. The van der Waals surface area contributed by atoms with Crippen molar-refractivity contribution in [3.05, 3.63) is 28.8 Å². The molecule has 0 atom stereocenters. The van der Waals surface area contributed by atoms with Gasteiger partial charge >= 0.3 is 5.97 Å². The van der Waals surface area contributed by atoms with Crippen molar-refractivity contribution in [2.75, 3.05) is 31.6 Å². The molecule has 1 heterocycles. The van der Waals surface area contributed by atoms with Gasteiger partial charge in [0.25, 0.3) is 0 Å². The Morgan fingerprint density at radius 1 is 1.37 bits per heavy atom. The zero-order valence-corrected chi connectivity index (χ0v) is 12.2. The summed E-state index contributed by atoms with van der Waals surface area (Å²) >= 11 is 6.22. The van der Waals surface area contributed by atoms with Crippen LogP contribution in [0.4, 0.5) is 5.69 Å². The molecule has 4 nitrogen and oxygen atoms in total. The van der Waals surface area contributed by atoms with Crippen molar-refractivity contribution in [3.63, 3.8) is 0 Å². The molecule has 0 unspecified atom stereocenters. The number of benzene rings is 1. The van der Waals surface area contributed by atoms with Gasteiger partial charge in [-0.1, -0.05) is 11.6 Å². The summed E-state index contributed by atoms with van der Waals surface area (Å²) in [5.74, 6) is -0.952. The fourth-order valence-electron chi connectivity index (χ4n) is 2.34. The van der Waals surface area contributed by atoms with E-state index >= 15 is 0 Å². The number of hydrogen-bond donors (Lipinski definition) is 1. The van der Waals surface area contributed by atoms with Crippen LogP contribution in [-0.2, 0) is 0 Å². The molecular formula is C14H19ClN2O2. The Morgan fingerprint density at radius 3 is 2.58 bits per heavy atom. The summed E-state index contributed by atoms with van der Waals surface area (Å²) in [6.45, 7) is 7.11. The minimum atomic E-state index is -0.952.